The van der Waals surface area contributed by atoms with E-state index in [4.69, 9.17) is 0 Å². The van der Waals surface area contributed by atoms with Crippen molar-refractivity contribution in [3.63, 3.8) is 0 Å². The molecule has 1 aliphatic rings. The molecule has 3 nitrogen and oxygen atoms in total. The Morgan fingerprint density at radius 3 is 3.06 bits per heavy atom. The van der Waals surface area contributed by atoms with Gasteiger partial charge in [0.05, 0.1) is 11.2 Å². The third-order valence-electron chi connectivity index (χ3n) is 3.62. The van der Waals surface area contributed by atoms with Gasteiger partial charge >= 0.3 is 0 Å². The SMILES string of the molecule is CCCc1ccc2c3c(c(=O)[nH]c2c1)CCCN3. The normalized spacial score (nSPS) is 14.3. The molecule has 1 aromatic heterocycles. The van der Waals surface area contributed by atoms with E-state index in [1.165, 1.54) is 5.56 Å². The molecule has 0 aliphatic carbocycles. The molecule has 3 rings (SSSR count). The van der Waals surface area contributed by atoms with Crippen molar-refractivity contribution in [3.05, 3.63) is 39.7 Å². The largest absolute Gasteiger partial charge is 0.384 e. The molecule has 2 aromatic rings. The van der Waals surface area contributed by atoms with Gasteiger partial charge < -0.3 is 10.3 Å². The van der Waals surface area contributed by atoms with Gasteiger partial charge in [0.1, 0.15) is 0 Å². The maximum absolute atomic E-state index is 12.1. The summed E-state index contributed by atoms with van der Waals surface area (Å²) in [7, 11) is 0. The molecule has 0 amide bonds. The zero-order valence-corrected chi connectivity index (χ0v) is 10.7. The predicted octanol–water partition coefficient (Wildman–Crippen LogP) is 2.84. The van der Waals surface area contributed by atoms with Gasteiger partial charge in [0.15, 0.2) is 0 Å². The summed E-state index contributed by atoms with van der Waals surface area (Å²) >= 11 is 0. The minimum atomic E-state index is 0.0679. The number of aryl methyl sites for hydroxylation is 1. The van der Waals surface area contributed by atoms with E-state index in [1.807, 2.05) is 0 Å². The lowest BCUT2D eigenvalue weighted by molar-refractivity contribution is 0.820. The number of benzene rings is 1. The van der Waals surface area contributed by atoms with E-state index in [0.29, 0.717) is 0 Å². The lowest BCUT2D eigenvalue weighted by atomic mass is 10.00. The Labute approximate surface area is 106 Å². The quantitative estimate of drug-likeness (QED) is 0.850. The highest BCUT2D eigenvalue weighted by Crippen LogP contribution is 2.27. The lowest BCUT2D eigenvalue weighted by Gasteiger charge is -2.19. The minimum Gasteiger partial charge on any atom is -0.384 e. The van der Waals surface area contributed by atoms with Crippen LogP contribution in [0.3, 0.4) is 0 Å². The Hall–Kier alpha value is -1.77. The van der Waals surface area contributed by atoms with Crippen LogP contribution in [-0.4, -0.2) is 11.5 Å². The van der Waals surface area contributed by atoms with Gasteiger partial charge in [-0.3, -0.25) is 4.79 Å². The molecule has 0 saturated carbocycles. The van der Waals surface area contributed by atoms with E-state index in [2.05, 4.69) is 35.4 Å². The van der Waals surface area contributed by atoms with Crippen molar-refractivity contribution < 1.29 is 0 Å². The van der Waals surface area contributed by atoms with E-state index >= 15 is 0 Å². The van der Waals surface area contributed by atoms with Gasteiger partial charge in [-0.1, -0.05) is 25.5 Å². The van der Waals surface area contributed by atoms with Crippen LogP contribution in [0.1, 0.15) is 30.9 Å². The van der Waals surface area contributed by atoms with Crippen LogP contribution in [0, 0.1) is 0 Å². The van der Waals surface area contributed by atoms with Crippen molar-refractivity contribution in [2.45, 2.75) is 32.6 Å². The number of fused-ring (bicyclic) bond motifs is 3. The summed E-state index contributed by atoms with van der Waals surface area (Å²) in [5.74, 6) is 0. The number of hydrogen-bond donors (Lipinski definition) is 2. The first-order valence-electron chi connectivity index (χ1n) is 6.71. The second-order valence-electron chi connectivity index (χ2n) is 4.97. The number of rotatable bonds is 2. The molecule has 0 spiro atoms. The molecule has 1 aromatic carbocycles. The monoisotopic (exact) mass is 242 g/mol. The molecule has 0 fully saturated rings. The Kier molecular flexibility index (Phi) is 2.82. The average Bonchev–Trinajstić information content (AvgIpc) is 2.39. The summed E-state index contributed by atoms with van der Waals surface area (Å²) in [4.78, 5) is 15.1. The fourth-order valence-electron chi connectivity index (χ4n) is 2.75. The van der Waals surface area contributed by atoms with Crippen LogP contribution < -0.4 is 10.9 Å². The van der Waals surface area contributed by atoms with Crippen molar-refractivity contribution in [1.29, 1.82) is 0 Å². The molecular formula is C15H18N2O. The molecule has 2 N–H and O–H groups in total. The lowest BCUT2D eigenvalue weighted by Crippen LogP contribution is -2.22. The highest BCUT2D eigenvalue weighted by molar-refractivity contribution is 5.93. The second-order valence-corrected chi connectivity index (χ2v) is 4.97. The highest BCUT2D eigenvalue weighted by atomic mass is 16.1. The number of anilines is 1. The van der Waals surface area contributed by atoms with E-state index < -0.39 is 0 Å². The van der Waals surface area contributed by atoms with Crippen LogP contribution >= 0.6 is 0 Å². The summed E-state index contributed by atoms with van der Waals surface area (Å²) in [6.45, 7) is 3.13. The van der Waals surface area contributed by atoms with Gasteiger partial charge in [0, 0.05) is 17.5 Å². The number of aromatic amines is 1. The summed E-state index contributed by atoms with van der Waals surface area (Å²) in [6, 6.07) is 6.41. The molecule has 0 bridgehead atoms. The van der Waals surface area contributed by atoms with Crippen LogP contribution in [-0.2, 0) is 12.8 Å². The topological polar surface area (TPSA) is 44.9 Å². The average molecular weight is 242 g/mol. The molecule has 0 unspecified atom stereocenters. The van der Waals surface area contributed by atoms with Crippen molar-refractivity contribution in [2.24, 2.45) is 0 Å². The Balaban J connectivity index is 2.23. The van der Waals surface area contributed by atoms with E-state index in [-0.39, 0.29) is 5.56 Å². The standard InChI is InChI=1S/C15H18N2O/c1-2-4-10-6-7-11-13(9-10)17-15(18)12-5-3-8-16-14(11)12/h6-7,9,16H,2-5,8H2,1H3,(H,17,18). The fourth-order valence-corrected chi connectivity index (χ4v) is 2.75. The highest BCUT2D eigenvalue weighted by Gasteiger charge is 2.15. The van der Waals surface area contributed by atoms with Gasteiger partial charge in [-0.05, 0) is 30.9 Å². The number of H-pyrrole nitrogens is 1. The van der Waals surface area contributed by atoms with Gasteiger partial charge in [0.2, 0.25) is 0 Å². The zero-order chi connectivity index (χ0) is 12.5. The first-order chi connectivity index (χ1) is 8.79. The molecule has 2 heterocycles. The molecule has 0 atom stereocenters. The number of hydrogen-bond acceptors (Lipinski definition) is 2. The zero-order valence-electron chi connectivity index (χ0n) is 10.7. The minimum absolute atomic E-state index is 0.0679. The number of nitrogens with one attached hydrogen (secondary N) is 2. The fraction of sp³-hybridized carbons (Fsp3) is 0.400. The summed E-state index contributed by atoms with van der Waals surface area (Å²) in [5, 5.41) is 4.52. The first-order valence-corrected chi connectivity index (χ1v) is 6.71. The third-order valence-corrected chi connectivity index (χ3v) is 3.62. The van der Waals surface area contributed by atoms with Gasteiger partial charge in [-0.15, -0.1) is 0 Å². The van der Waals surface area contributed by atoms with E-state index in [9.17, 15) is 4.79 Å². The molecule has 94 valence electrons. The smallest absolute Gasteiger partial charge is 0.253 e. The maximum Gasteiger partial charge on any atom is 0.253 e. The maximum atomic E-state index is 12.1. The molecule has 0 radical (unpaired) electrons. The first kappa shape index (κ1) is 11.3. The van der Waals surface area contributed by atoms with Crippen molar-refractivity contribution >= 4 is 16.6 Å². The number of aromatic nitrogens is 1. The van der Waals surface area contributed by atoms with E-state index in [0.717, 1.165) is 54.4 Å². The molecular weight excluding hydrogens is 224 g/mol. The van der Waals surface area contributed by atoms with Gasteiger partial charge in [-0.2, -0.15) is 0 Å². The Morgan fingerprint density at radius 2 is 2.22 bits per heavy atom. The molecule has 3 heteroatoms. The van der Waals surface area contributed by atoms with Crippen LogP contribution in [0.2, 0.25) is 0 Å². The Bertz CT molecular complexity index is 643. The van der Waals surface area contributed by atoms with Gasteiger partial charge in [0.25, 0.3) is 5.56 Å². The van der Waals surface area contributed by atoms with Crippen molar-refractivity contribution in [3.8, 4) is 0 Å². The van der Waals surface area contributed by atoms with Crippen LogP contribution in [0.25, 0.3) is 10.9 Å². The van der Waals surface area contributed by atoms with Crippen LogP contribution in [0.15, 0.2) is 23.0 Å². The van der Waals surface area contributed by atoms with Crippen LogP contribution in [0.5, 0.6) is 0 Å². The summed E-state index contributed by atoms with van der Waals surface area (Å²) < 4.78 is 0. The molecule has 1 aliphatic heterocycles. The summed E-state index contributed by atoms with van der Waals surface area (Å²) in [6.07, 6.45) is 4.10. The molecule has 0 saturated heterocycles. The third kappa shape index (κ3) is 1.80. The van der Waals surface area contributed by atoms with Gasteiger partial charge in [-0.25, -0.2) is 0 Å². The predicted molar refractivity (Wildman–Crippen MR) is 75.4 cm³/mol. The van der Waals surface area contributed by atoms with Crippen LogP contribution in [0.4, 0.5) is 5.69 Å². The number of pyridine rings is 1. The Morgan fingerprint density at radius 1 is 1.33 bits per heavy atom. The summed E-state index contributed by atoms with van der Waals surface area (Å²) in [5.41, 5.74) is 4.27. The van der Waals surface area contributed by atoms with E-state index in [1.54, 1.807) is 0 Å². The van der Waals surface area contributed by atoms with Crippen molar-refractivity contribution in [2.75, 3.05) is 11.9 Å². The molecule has 18 heavy (non-hydrogen) atoms. The second kappa shape index (κ2) is 4.48. The van der Waals surface area contributed by atoms with Crippen molar-refractivity contribution in [1.82, 2.24) is 4.98 Å².